The van der Waals surface area contributed by atoms with Crippen molar-refractivity contribution in [3.05, 3.63) is 62.5 Å². The minimum Gasteiger partial charge on any atom is -0.439 e. The molecule has 0 saturated heterocycles. The summed E-state index contributed by atoms with van der Waals surface area (Å²) in [4.78, 5) is 46.8. The van der Waals surface area contributed by atoms with Crippen LogP contribution in [-0.4, -0.2) is 34.3 Å². The summed E-state index contributed by atoms with van der Waals surface area (Å²) in [5, 5.41) is 10.4. The normalized spacial score (nSPS) is 13.1. The Labute approximate surface area is 133 Å². The van der Waals surface area contributed by atoms with E-state index < -0.39 is 29.4 Å². The quantitative estimate of drug-likeness (QED) is 0.367. The van der Waals surface area contributed by atoms with Gasteiger partial charge in [-0.25, -0.2) is 9.69 Å². The first-order chi connectivity index (χ1) is 11.0. The van der Waals surface area contributed by atoms with Gasteiger partial charge in [0.25, 0.3) is 11.8 Å². The third-order valence-corrected chi connectivity index (χ3v) is 4.19. The Morgan fingerprint density at radius 3 is 2.26 bits per heavy atom. The molecular formula is C14H8N2O6S. The van der Waals surface area contributed by atoms with E-state index in [2.05, 4.69) is 0 Å². The zero-order valence-corrected chi connectivity index (χ0v) is 12.2. The maximum atomic E-state index is 12.1. The number of carbonyl (C=O) groups excluding carboxylic acids is 3. The summed E-state index contributed by atoms with van der Waals surface area (Å²) in [6, 6.07) is 8.73. The number of amides is 2. The van der Waals surface area contributed by atoms with E-state index >= 15 is 0 Å². The van der Waals surface area contributed by atoms with Gasteiger partial charge in [-0.1, -0.05) is 23.5 Å². The van der Waals surface area contributed by atoms with E-state index in [1.165, 1.54) is 24.3 Å². The van der Waals surface area contributed by atoms with Gasteiger partial charge in [0.2, 0.25) is 0 Å². The van der Waals surface area contributed by atoms with Gasteiger partial charge in [-0.3, -0.25) is 19.7 Å². The van der Waals surface area contributed by atoms with Crippen molar-refractivity contribution in [1.29, 1.82) is 0 Å². The van der Waals surface area contributed by atoms with Gasteiger partial charge in [0, 0.05) is 6.07 Å². The molecule has 3 rings (SSSR count). The van der Waals surface area contributed by atoms with Gasteiger partial charge < -0.3 is 4.74 Å². The monoisotopic (exact) mass is 332 g/mol. The van der Waals surface area contributed by atoms with Crippen molar-refractivity contribution in [3.8, 4) is 0 Å². The number of rotatable bonds is 4. The van der Waals surface area contributed by atoms with Crippen molar-refractivity contribution in [2.24, 2.45) is 0 Å². The highest BCUT2D eigenvalue weighted by molar-refractivity contribution is 7.17. The Hall–Kier alpha value is -3.07. The molecule has 0 spiro atoms. The van der Waals surface area contributed by atoms with E-state index in [1.54, 1.807) is 12.1 Å². The lowest BCUT2D eigenvalue weighted by Gasteiger charge is -2.13. The molecule has 1 aromatic heterocycles. The van der Waals surface area contributed by atoms with Crippen LogP contribution in [0, 0.1) is 10.1 Å². The lowest BCUT2D eigenvalue weighted by molar-refractivity contribution is -0.380. The number of thiophene rings is 1. The lowest BCUT2D eigenvalue weighted by Crippen LogP contribution is -2.33. The zero-order valence-electron chi connectivity index (χ0n) is 11.4. The van der Waals surface area contributed by atoms with Crippen molar-refractivity contribution < 1.29 is 24.0 Å². The van der Waals surface area contributed by atoms with E-state index in [4.69, 9.17) is 4.74 Å². The predicted octanol–water partition coefficient (Wildman–Crippen LogP) is 2.07. The number of hydrogen-bond acceptors (Lipinski definition) is 7. The minimum absolute atomic E-state index is 0.0216. The van der Waals surface area contributed by atoms with E-state index in [-0.39, 0.29) is 21.0 Å². The van der Waals surface area contributed by atoms with Gasteiger partial charge >= 0.3 is 11.0 Å². The Morgan fingerprint density at radius 2 is 1.74 bits per heavy atom. The standard InChI is InChI=1S/C14H8N2O6S/c17-12-8-3-1-2-4-9(8)13(18)15(12)7-22-14(19)10-5-6-11(23-10)16(20)21/h1-6H,7H2. The molecule has 2 heterocycles. The summed E-state index contributed by atoms with van der Waals surface area (Å²) in [6.45, 7) is -0.545. The van der Waals surface area contributed by atoms with Crippen LogP contribution in [0.25, 0.3) is 0 Å². The van der Waals surface area contributed by atoms with Gasteiger partial charge in [-0.2, -0.15) is 0 Å². The molecule has 23 heavy (non-hydrogen) atoms. The average molecular weight is 332 g/mol. The fourth-order valence-electron chi connectivity index (χ4n) is 2.09. The summed E-state index contributed by atoms with van der Waals surface area (Å²) in [5.74, 6) is -1.93. The second-order valence-corrected chi connectivity index (χ2v) is 5.60. The molecule has 0 bridgehead atoms. The second kappa shape index (κ2) is 5.61. The lowest BCUT2D eigenvalue weighted by atomic mass is 10.1. The number of imide groups is 1. The smallest absolute Gasteiger partial charge is 0.350 e. The first-order valence-corrected chi connectivity index (χ1v) is 7.17. The number of hydrogen-bond donors (Lipinski definition) is 0. The summed E-state index contributed by atoms with van der Waals surface area (Å²) in [7, 11) is 0. The summed E-state index contributed by atoms with van der Waals surface area (Å²) in [5.41, 5.74) is 0.501. The third-order valence-electron chi connectivity index (χ3n) is 3.18. The van der Waals surface area contributed by atoms with Crippen molar-refractivity contribution in [2.45, 2.75) is 0 Å². The summed E-state index contributed by atoms with van der Waals surface area (Å²) >= 11 is 0.659. The highest BCUT2D eigenvalue weighted by Gasteiger charge is 2.35. The second-order valence-electron chi connectivity index (χ2n) is 4.54. The van der Waals surface area contributed by atoms with Crippen LogP contribution in [0.4, 0.5) is 5.00 Å². The molecule has 9 heteroatoms. The Balaban J connectivity index is 1.69. The molecule has 2 aromatic rings. The first kappa shape index (κ1) is 14.9. The van der Waals surface area contributed by atoms with Gasteiger partial charge in [0.15, 0.2) is 6.73 Å². The maximum absolute atomic E-state index is 12.1. The number of nitro groups is 1. The molecular weight excluding hydrogens is 324 g/mol. The van der Waals surface area contributed by atoms with E-state index in [0.717, 1.165) is 4.90 Å². The number of fused-ring (bicyclic) bond motifs is 1. The highest BCUT2D eigenvalue weighted by atomic mass is 32.1. The zero-order chi connectivity index (χ0) is 16.6. The summed E-state index contributed by atoms with van der Waals surface area (Å²) < 4.78 is 4.91. The van der Waals surface area contributed by atoms with Crippen molar-refractivity contribution >= 4 is 34.1 Å². The van der Waals surface area contributed by atoms with Gasteiger partial charge in [-0.05, 0) is 18.2 Å². The number of carbonyl (C=O) groups is 3. The molecule has 0 atom stereocenters. The van der Waals surface area contributed by atoms with Crippen LogP contribution in [0.1, 0.15) is 30.4 Å². The minimum atomic E-state index is -0.834. The van der Waals surface area contributed by atoms with Crippen LogP contribution in [0.5, 0.6) is 0 Å². The Kier molecular flexibility index (Phi) is 3.62. The van der Waals surface area contributed by atoms with Crippen LogP contribution in [-0.2, 0) is 4.74 Å². The average Bonchev–Trinajstić information content (AvgIpc) is 3.12. The van der Waals surface area contributed by atoms with Gasteiger partial charge in [0.05, 0.1) is 16.1 Å². The Morgan fingerprint density at radius 1 is 1.13 bits per heavy atom. The third kappa shape index (κ3) is 2.57. The van der Waals surface area contributed by atoms with E-state index in [9.17, 15) is 24.5 Å². The topological polar surface area (TPSA) is 107 Å². The maximum Gasteiger partial charge on any atom is 0.350 e. The molecule has 0 unspecified atom stereocenters. The van der Waals surface area contributed by atoms with Gasteiger partial charge in [-0.15, -0.1) is 0 Å². The van der Waals surface area contributed by atoms with Crippen molar-refractivity contribution in [2.75, 3.05) is 6.73 Å². The van der Waals surface area contributed by atoms with Crippen molar-refractivity contribution in [3.63, 3.8) is 0 Å². The fraction of sp³-hybridized carbons (Fsp3) is 0.0714. The summed E-state index contributed by atoms with van der Waals surface area (Å²) in [6.07, 6.45) is 0. The predicted molar refractivity (Wildman–Crippen MR) is 78.2 cm³/mol. The number of benzene rings is 1. The fourth-order valence-corrected chi connectivity index (χ4v) is 2.80. The molecule has 0 radical (unpaired) electrons. The van der Waals surface area contributed by atoms with Crippen LogP contribution in [0.15, 0.2) is 36.4 Å². The highest BCUT2D eigenvalue weighted by Crippen LogP contribution is 2.25. The largest absolute Gasteiger partial charge is 0.439 e. The molecule has 0 fully saturated rings. The van der Waals surface area contributed by atoms with Crippen LogP contribution >= 0.6 is 11.3 Å². The van der Waals surface area contributed by atoms with E-state index in [1.807, 2.05) is 0 Å². The molecule has 1 aromatic carbocycles. The molecule has 1 aliphatic rings. The molecule has 2 amide bonds. The molecule has 0 saturated carbocycles. The van der Waals surface area contributed by atoms with Crippen LogP contribution in [0.3, 0.4) is 0 Å². The number of esters is 1. The molecule has 116 valence electrons. The molecule has 0 aliphatic carbocycles. The first-order valence-electron chi connectivity index (χ1n) is 6.35. The molecule has 1 aliphatic heterocycles. The van der Waals surface area contributed by atoms with E-state index in [0.29, 0.717) is 11.3 Å². The molecule has 0 N–H and O–H groups in total. The SMILES string of the molecule is O=C(OCN1C(=O)c2ccccc2C1=O)c1ccc([N+](=O)[O-])s1. The Bertz CT molecular complexity index is 808. The molecule has 8 nitrogen and oxygen atoms in total. The van der Waals surface area contributed by atoms with Crippen molar-refractivity contribution in [1.82, 2.24) is 4.90 Å². The van der Waals surface area contributed by atoms with Crippen LogP contribution in [0.2, 0.25) is 0 Å². The number of nitrogens with zero attached hydrogens (tertiary/aromatic N) is 2. The van der Waals surface area contributed by atoms with Gasteiger partial charge in [0.1, 0.15) is 4.88 Å². The van der Waals surface area contributed by atoms with Crippen LogP contribution < -0.4 is 0 Å². The number of ether oxygens (including phenoxy) is 1.